The fraction of sp³-hybridized carbons (Fsp3) is 0.167. The van der Waals surface area contributed by atoms with E-state index >= 15 is 0 Å². The molecular formula is C12H11N3O4S. The van der Waals surface area contributed by atoms with Gasteiger partial charge in [-0.3, -0.25) is 14.5 Å². The molecule has 104 valence electrons. The summed E-state index contributed by atoms with van der Waals surface area (Å²) in [6, 6.07) is 4.20. The van der Waals surface area contributed by atoms with E-state index in [-0.39, 0.29) is 16.3 Å². The third-order valence-electron chi connectivity index (χ3n) is 2.67. The number of H-pyrrole nitrogens is 1. The molecule has 0 bridgehead atoms. The van der Waals surface area contributed by atoms with Crippen molar-refractivity contribution in [1.82, 2.24) is 9.36 Å². The van der Waals surface area contributed by atoms with Gasteiger partial charge in [0.1, 0.15) is 16.3 Å². The number of carboxylic acid groups (broad SMARTS) is 1. The number of nitrogens with one attached hydrogen (secondary N) is 1. The standard InChI is InChI=1S/C12H11N3O4S/c1-6-9(12(18)19)11(20-14-6)15(2)10(17)7-4-3-5-8(16)13-7/h3-5H,1-2H3,(H,13,16)(H,18,19). The van der Waals surface area contributed by atoms with E-state index < -0.39 is 17.4 Å². The zero-order valence-electron chi connectivity index (χ0n) is 10.7. The summed E-state index contributed by atoms with van der Waals surface area (Å²) >= 11 is 0.922. The number of carbonyl (C=O) groups is 2. The first kappa shape index (κ1) is 13.9. The van der Waals surface area contributed by atoms with Crippen LogP contribution in [0.4, 0.5) is 5.00 Å². The van der Waals surface area contributed by atoms with Gasteiger partial charge in [0, 0.05) is 13.1 Å². The van der Waals surface area contributed by atoms with E-state index in [4.69, 9.17) is 5.11 Å². The van der Waals surface area contributed by atoms with Crippen LogP contribution in [0.25, 0.3) is 0 Å². The first-order chi connectivity index (χ1) is 9.41. The lowest BCUT2D eigenvalue weighted by molar-refractivity contribution is 0.0697. The molecule has 2 heterocycles. The Morgan fingerprint density at radius 2 is 2.10 bits per heavy atom. The predicted octanol–water partition coefficient (Wildman–Crippen LogP) is 1.11. The lowest BCUT2D eigenvalue weighted by Gasteiger charge is -2.15. The second-order valence-electron chi connectivity index (χ2n) is 4.05. The van der Waals surface area contributed by atoms with E-state index in [1.807, 2.05) is 0 Å². The van der Waals surface area contributed by atoms with E-state index in [9.17, 15) is 14.4 Å². The van der Waals surface area contributed by atoms with Crippen LogP contribution in [-0.4, -0.2) is 33.4 Å². The Bertz CT molecular complexity index is 734. The number of carbonyl (C=O) groups excluding carboxylic acids is 1. The average Bonchev–Trinajstić information content (AvgIpc) is 2.79. The molecule has 0 atom stereocenters. The number of aryl methyl sites for hydroxylation is 1. The monoisotopic (exact) mass is 293 g/mol. The van der Waals surface area contributed by atoms with Crippen LogP contribution < -0.4 is 10.5 Å². The van der Waals surface area contributed by atoms with E-state index in [2.05, 4.69) is 9.36 Å². The highest BCUT2D eigenvalue weighted by Gasteiger charge is 2.24. The number of carboxylic acids is 1. The highest BCUT2D eigenvalue weighted by molar-refractivity contribution is 7.11. The van der Waals surface area contributed by atoms with Crippen molar-refractivity contribution in [2.75, 3.05) is 11.9 Å². The van der Waals surface area contributed by atoms with Gasteiger partial charge in [0.05, 0.1) is 5.69 Å². The minimum Gasteiger partial charge on any atom is -0.478 e. The lowest BCUT2D eigenvalue weighted by atomic mass is 10.2. The maximum Gasteiger partial charge on any atom is 0.340 e. The largest absolute Gasteiger partial charge is 0.478 e. The quantitative estimate of drug-likeness (QED) is 0.882. The van der Waals surface area contributed by atoms with E-state index in [1.54, 1.807) is 6.92 Å². The van der Waals surface area contributed by atoms with Gasteiger partial charge in [0.2, 0.25) is 5.56 Å². The van der Waals surface area contributed by atoms with Gasteiger partial charge in [-0.2, -0.15) is 4.37 Å². The highest BCUT2D eigenvalue weighted by Crippen LogP contribution is 2.28. The summed E-state index contributed by atoms with van der Waals surface area (Å²) < 4.78 is 3.95. The molecule has 2 N–H and O–H groups in total. The number of nitrogens with zero attached hydrogens (tertiary/aromatic N) is 2. The number of hydrogen-bond donors (Lipinski definition) is 2. The van der Waals surface area contributed by atoms with E-state index in [0.717, 1.165) is 11.5 Å². The number of aromatic carboxylic acids is 1. The van der Waals surface area contributed by atoms with Crippen molar-refractivity contribution in [3.05, 3.63) is 45.5 Å². The van der Waals surface area contributed by atoms with Crippen LogP contribution >= 0.6 is 11.5 Å². The summed E-state index contributed by atoms with van der Waals surface area (Å²) in [7, 11) is 1.44. The fourth-order valence-electron chi connectivity index (χ4n) is 1.68. The molecule has 2 rings (SSSR count). The molecule has 2 aromatic rings. The van der Waals surface area contributed by atoms with Crippen LogP contribution in [0.5, 0.6) is 0 Å². The molecule has 0 fully saturated rings. The minimum absolute atomic E-state index is 0.0101. The third-order valence-corrected chi connectivity index (χ3v) is 3.68. The number of hydrogen-bond acceptors (Lipinski definition) is 5. The first-order valence-corrected chi connectivity index (χ1v) is 6.36. The van der Waals surface area contributed by atoms with Crippen molar-refractivity contribution in [3.8, 4) is 0 Å². The molecule has 8 heteroatoms. The Balaban J connectivity index is 2.42. The molecule has 1 amide bonds. The number of amides is 1. The van der Waals surface area contributed by atoms with Crippen LogP contribution in [0, 0.1) is 6.92 Å². The van der Waals surface area contributed by atoms with Gasteiger partial charge in [-0.1, -0.05) is 6.07 Å². The normalized spacial score (nSPS) is 10.3. The molecule has 0 unspecified atom stereocenters. The lowest BCUT2D eigenvalue weighted by Crippen LogP contribution is -2.29. The molecule has 2 aromatic heterocycles. The van der Waals surface area contributed by atoms with Gasteiger partial charge in [-0.15, -0.1) is 0 Å². The second-order valence-corrected chi connectivity index (χ2v) is 4.80. The molecule has 0 aliphatic rings. The highest BCUT2D eigenvalue weighted by atomic mass is 32.1. The van der Waals surface area contributed by atoms with Crippen LogP contribution in [-0.2, 0) is 0 Å². The van der Waals surface area contributed by atoms with Crippen LogP contribution in [0.1, 0.15) is 26.5 Å². The van der Waals surface area contributed by atoms with Crippen molar-refractivity contribution in [1.29, 1.82) is 0 Å². The Morgan fingerprint density at radius 1 is 1.40 bits per heavy atom. The zero-order valence-corrected chi connectivity index (χ0v) is 11.5. The summed E-state index contributed by atoms with van der Waals surface area (Å²) in [4.78, 5) is 38.2. The number of aromatic amines is 1. The summed E-state index contributed by atoms with van der Waals surface area (Å²) in [6.45, 7) is 1.56. The van der Waals surface area contributed by atoms with Crippen molar-refractivity contribution < 1.29 is 14.7 Å². The van der Waals surface area contributed by atoms with Gasteiger partial charge in [0.15, 0.2) is 0 Å². The van der Waals surface area contributed by atoms with Gasteiger partial charge in [-0.25, -0.2) is 4.79 Å². The Hall–Kier alpha value is -2.48. The molecule has 20 heavy (non-hydrogen) atoms. The van der Waals surface area contributed by atoms with Crippen LogP contribution in [0.2, 0.25) is 0 Å². The Kier molecular flexibility index (Phi) is 3.66. The second kappa shape index (κ2) is 5.25. The Morgan fingerprint density at radius 3 is 2.70 bits per heavy atom. The molecule has 0 aliphatic carbocycles. The summed E-state index contributed by atoms with van der Waals surface area (Å²) in [5.74, 6) is -1.65. The number of aromatic nitrogens is 2. The van der Waals surface area contributed by atoms with Crippen molar-refractivity contribution >= 4 is 28.4 Å². The Labute approximate surface area is 117 Å². The average molecular weight is 293 g/mol. The maximum atomic E-state index is 12.2. The topological polar surface area (TPSA) is 103 Å². The van der Waals surface area contributed by atoms with Gasteiger partial charge < -0.3 is 10.1 Å². The number of anilines is 1. The molecule has 7 nitrogen and oxygen atoms in total. The third kappa shape index (κ3) is 2.45. The summed E-state index contributed by atoms with van der Waals surface area (Å²) in [5.41, 5.74) is 0.0217. The molecule has 0 radical (unpaired) electrons. The molecular weight excluding hydrogens is 282 g/mol. The predicted molar refractivity (Wildman–Crippen MR) is 73.6 cm³/mol. The maximum absolute atomic E-state index is 12.2. The number of pyridine rings is 1. The summed E-state index contributed by atoms with van der Waals surface area (Å²) in [5, 5.41) is 9.38. The van der Waals surface area contributed by atoms with Gasteiger partial charge >= 0.3 is 5.97 Å². The minimum atomic E-state index is -1.15. The fourth-order valence-corrected chi connectivity index (χ4v) is 2.52. The molecule has 0 saturated heterocycles. The molecule has 0 aromatic carbocycles. The van der Waals surface area contributed by atoms with Crippen molar-refractivity contribution in [3.63, 3.8) is 0 Å². The first-order valence-electron chi connectivity index (χ1n) is 5.58. The van der Waals surface area contributed by atoms with Crippen molar-refractivity contribution in [2.45, 2.75) is 6.92 Å². The molecule has 0 aliphatic heterocycles. The van der Waals surface area contributed by atoms with Crippen LogP contribution in [0.15, 0.2) is 23.0 Å². The molecule has 0 spiro atoms. The van der Waals surface area contributed by atoms with Crippen LogP contribution in [0.3, 0.4) is 0 Å². The zero-order chi connectivity index (χ0) is 14.9. The summed E-state index contributed by atoms with van der Waals surface area (Å²) in [6.07, 6.45) is 0. The number of rotatable bonds is 3. The van der Waals surface area contributed by atoms with E-state index in [1.165, 1.54) is 30.1 Å². The van der Waals surface area contributed by atoms with Gasteiger partial charge in [-0.05, 0) is 24.5 Å². The van der Waals surface area contributed by atoms with Gasteiger partial charge in [0.25, 0.3) is 5.91 Å². The smallest absolute Gasteiger partial charge is 0.340 e. The van der Waals surface area contributed by atoms with Crippen molar-refractivity contribution in [2.24, 2.45) is 0 Å². The van der Waals surface area contributed by atoms with E-state index in [0.29, 0.717) is 5.69 Å². The molecule has 0 saturated carbocycles. The SMILES string of the molecule is Cc1nsc(N(C)C(=O)c2cccc(=O)[nH]2)c1C(=O)O.